The third-order valence-electron chi connectivity index (χ3n) is 4.36. The molecule has 0 saturated carbocycles. The van der Waals surface area contributed by atoms with Crippen molar-refractivity contribution in [2.45, 2.75) is 26.8 Å². The first-order chi connectivity index (χ1) is 12.8. The molecule has 2 rings (SSSR count). The molecule has 0 aliphatic rings. The number of para-hydroxylation sites is 1. The maximum atomic E-state index is 12.5. The number of rotatable bonds is 8. The normalized spacial score (nSPS) is 12.3. The predicted molar refractivity (Wildman–Crippen MR) is 108 cm³/mol. The van der Waals surface area contributed by atoms with Crippen LogP contribution in [-0.2, 0) is 10.0 Å². The molecule has 0 aliphatic heterocycles. The quantitative estimate of drug-likeness (QED) is 0.750. The molecule has 0 spiro atoms. The second-order valence-corrected chi connectivity index (χ2v) is 8.23. The van der Waals surface area contributed by atoms with E-state index in [1.165, 1.54) is 4.31 Å². The van der Waals surface area contributed by atoms with Gasteiger partial charge in [-0.3, -0.25) is 9.10 Å². The van der Waals surface area contributed by atoms with E-state index >= 15 is 0 Å². The fourth-order valence-electron chi connectivity index (χ4n) is 2.86. The Morgan fingerprint density at radius 3 is 2.30 bits per heavy atom. The molecule has 0 unspecified atom stereocenters. The molecule has 146 valence electrons. The maximum absolute atomic E-state index is 12.5. The number of hydrogen-bond acceptors (Lipinski definition) is 4. The summed E-state index contributed by atoms with van der Waals surface area (Å²) in [6, 6.07) is 13.9. The zero-order valence-electron chi connectivity index (χ0n) is 16.1. The lowest BCUT2D eigenvalue weighted by atomic mass is 10.1. The van der Waals surface area contributed by atoms with Crippen LogP contribution in [0.25, 0.3) is 0 Å². The van der Waals surface area contributed by atoms with Crippen molar-refractivity contribution in [3.05, 3.63) is 59.7 Å². The van der Waals surface area contributed by atoms with E-state index in [-0.39, 0.29) is 17.7 Å². The van der Waals surface area contributed by atoms with Crippen LogP contribution in [0.3, 0.4) is 0 Å². The topological polar surface area (TPSA) is 75.7 Å². The molecule has 1 atom stereocenters. The molecule has 0 fully saturated rings. The fourth-order valence-corrected chi connectivity index (χ4v) is 4.00. The molecule has 0 heterocycles. The summed E-state index contributed by atoms with van der Waals surface area (Å²) in [6.07, 6.45) is 0. The largest absolute Gasteiger partial charge is 0.496 e. The third kappa shape index (κ3) is 4.80. The van der Waals surface area contributed by atoms with Crippen molar-refractivity contribution in [3.63, 3.8) is 0 Å². The van der Waals surface area contributed by atoms with Gasteiger partial charge in [0.2, 0.25) is 10.0 Å². The highest BCUT2D eigenvalue weighted by Crippen LogP contribution is 2.25. The Morgan fingerprint density at radius 1 is 1.11 bits per heavy atom. The van der Waals surface area contributed by atoms with Crippen LogP contribution in [0, 0.1) is 0 Å². The van der Waals surface area contributed by atoms with Gasteiger partial charge in [0, 0.05) is 17.7 Å². The molecule has 0 aromatic heterocycles. The highest BCUT2D eigenvalue weighted by atomic mass is 32.2. The molecular weight excluding hydrogens is 364 g/mol. The van der Waals surface area contributed by atoms with Crippen LogP contribution in [0.15, 0.2) is 48.5 Å². The fraction of sp³-hybridized carbons (Fsp3) is 0.350. The van der Waals surface area contributed by atoms with Crippen molar-refractivity contribution in [1.82, 2.24) is 5.32 Å². The zero-order valence-corrected chi connectivity index (χ0v) is 16.9. The zero-order chi connectivity index (χ0) is 20.0. The van der Waals surface area contributed by atoms with Crippen LogP contribution in [-0.4, -0.2) is 33.7 Å². The number of anilines is 1. The molecule has 0 radical (unpaired) electrons. The van der Waals surface area contributed by atoms with Gasteiger partial charge in [-0.15, -0.1) is 0 Å². The van der Waals surface area contributed by atoms with Crippen LogP contribution in [0.1, 0.15) is 42.7 Å². The van der Waals surface area contributed by atoms with Crippen molar-refractivity contribution in [2.24, 2.45) is 0 Å². The number of benzene rings is 2. The van der Waals surface area contributed by atoms with Gasteiger partial charge in [-0.2, -0.15) is 0 Å². The minimum absolute atomic E-state index is 0.0273. The first-order valence-electron chi connectivity index (χ1n) is 8.88. The monoisotopic (exact) mass is 390 g/mol. The Bertz CT molecular complexity index is 879. The van der Waals surface area contributed by atoms with Crippen LogP contribution < -0.4 is 14.4 Å². The molecule has 7 heteroatoms. The van der Waals surface area contributed by atoms with Gasteiger partial charge in [-0.25, -0.2) is 8.42 Å². The second kappa shape index (κ2) is 8.90. The molecule has 2 aromatic carbocycles. The summed E-state index contributed by atoms with van der Waals surface area (Å²) in [5.74, 6) is 0.504. The average molecular weight is 391 g/mol. The Morgan fingerprint density at radius 2 is 1.74 bits per heavy atom. The SMILES string of the molecule is CCN(c1ccc(C(=O)N[C@H](C)c2ccccc2OC)cc1)S(=O)(=O)CC. The van der Waals surface area contributed by atoms with E-state index in [4.69, 9.17) is 4.74 Å². The molecule has 0 bridgehead atoms. The molecule has 2 aromatic rings. The van der Waals surface area contributed by atoms with Crippen LogP contribution >= 0.6 is 0 Å². The van der Waals surface area contributed by atoms with E-state index in [1.807, 2.05) is 31.2 Å². The Labute approximate surface area is 161 Å². The van der Waals surface area contributed by atoms with Gasteiger partial charge in [-0.1, -0.05) is 18.2 Å². The minimum Gasteiger partial charge on any atom is -0.496 e. The third-order valence-corrected chi connectivity index (χ3v) is 6.23. The molecular formula is C20H26N2O4S. The number of ether oxygens (including phenoxy) is 1. The van der Waals surface area contributed by atoms with Crippen LogP contribution in [0.4, 0.5) is 5.69 Å². The Balaban J connectivity index is 2.16. The van der Waals surface area contributed by atoms with E-state index in [0.717, 1.165) is 5.56 Å². The number of amides is 1. The second-order valence-electron chi connectivity index (χ2n) is 6.05. The standard InChI is InChI=1S/C20H26N2O4S/c1-5-22(27(24,25)6-2)17-13-11-16(12-14-17)20(23)21-15(3)18-9-7-8-10-19(18)26-4/h7-15H,5-6H2,1-4H3,(H,21,23)/t15-/m1/s1. The van der Waals surface area contributed by atoms with Crippen LogP contribution in [0.5, 0.6) is 5.75 Å². The number of carbonyl (C=O) groups excluding carboxylic acids is 1. The van der Waals surface area contributed by atoms with Crippen molar-refractivity contribution in [2.75, 3.05) is 23.7 Å². The smallest absolute Gasteiger partial charge is 0.251 e. The summed E-state index contributed by atoms with van der Waals surface area (Å²) in [5, 5.41) is 2.94. The molecule has 1 amide bonds. The number of sulfonamides is 1. The predicted octanol–water partition coefficient (Wildman–Crippen LogP) is 3.36. The van der Waals surface area contributed by atoms with Crippen molar-refractivity contribution in [3.8, 4) is 5.75 Å². The van der Waals surface area contributed by atoms with Gasteiger partial charge < -0.3 is 10.1 Å². The van der Waals surface area contributed by atoms with Gasteiger partial charge in [0.15, 0.2) is 0 Å². The summed E-state index contributed by atoms with van der Waals surface area (Å²) in [4.78, 5) is 12.5. The number of nitrogens with zero attached hydrogens (tertiary/aromatic N) is 1. The highest BCUT2D eigenvalue weighted by molar-refractivity contribution is 7.92. The summed E-state index contributed by atoms with van der Waals surface area (Å²) in [7, 11) is -1.75. The van der Waals surface area contributed by atoms with Crippen molar-refractivity contribution in [1.29, 1.82) is 0 Å². The van der Waals surface area contributed by atoms with Crippen LogP contribution in [0.2, 0.25) is 0 Å². The highest BCUT2D eigenvalue weighted by Gasteiger charge is 2.19. The van der Waals surface area contributed by atoms with E-state index < -0.39 is 10.0 Å². The number of carbonyl (C=O) groups is 1. The van der Waals surface area contributed by atoms with Gasteiger partial charge in [0.25, 0.3) is 5.91 Å². The maximum Gasteiger partial charge on any atom is 0.251 e. The van der Waals surface area contributed by atoms with Crippen molar-refractivity contribution < 1.29 is 17.9 Å². The van der Waals surface area contributed by atoms with Crippen molar-refractivity contribution >= 4 is 21.6 Å². The van der Waals surface area contributed by atoms with E-state index in [0.29, 0.717) is 23.5 Å². The summed E-state index contributed by atoms with van der Waals surface area (Å²) >= 11 is 0. The Hall–Kier alpha value is -2.54. The van der Waals surface area contributed by atoms with Gasteiger partial charge >= 0.3 is 0 Å². The lowest BCUT2D eigenvalue weighted by Gasteiger charge is -2.22. The molecule has 0 aliphatic carbocycles. The lowest BCUT2D eigenvalue weighted by molar-refractivity contribution is 0.0939. The molecule has 6 nitrogen and oxygen atoms in total. The Kier molecular flexibility index (Phi) is 6.85. The van der Waals surface area contributed by atoms with Gasteiger partial charge in [-0.05, 0) is 51.1 Å². The summed E-state index contributed by atoms with van der Waals surface area (Å²) in [5.41, 5.74) is 1.90. The number of nitrogens with one attached hydrogen (secondary N) is 1. The van der Waals surface area contributed by atoms with E-state index in [9.17, 15) is 13.2 Å². The number of hydrogen-bond donors (Lipinski definition) is 1. The molecule has 1 N–H and O–H groups in total. The first-order valence-corrected chi connectivity index (χ1v) is 10.5. The molecule has 27 heavy (non-hydrogen) atoms. The van der Waals surface area contributed by atoms with E-state index in [1.54, 1.807) is 45.2 Å². The minimum atomic E-state index is -3.34. The average Bonchev–Trinajstić information content (AvgIpc) is 2.68. The number of methoxy groups -OCH3 is 1. The molecule has 0 saturated heterocycles. The van der Waals surface area contributed by atoms with E-state index in [2.05, 4.69) is 5.32 Å². The first kappa shape index (κ1) is 20.8. The summed E-state index contributed by atoms with van der Waals surface area (Å²) in [6.45, 7) is 5.62. The summed E-state index contributed by atoms with van der Waals surface area (Å²) < 4.78 is 31.0. The lowest BCUT2D eigenvalue weighted by Crippen LogP contribution is -2.32. The van der Waals surface area contributed by atoms with Gasteiger partial charge in [0.05, 0.1) is 24.6 Å². The van der Waals surface area contributed by atoms with Gasteiger partial charge in [0.1, 0.15) is 5.75 Å².